The minimum atomic E-state index is -0.451. The van der Waals surface area contributed by atoms with Crippen LogP contribution in [0.4, 0.5) is 0 Å². The zero-order valence-electron chi connectivity index (χ0n) is 26.4. The number of imidazole rings is 1. The molecule has 5 aromatic rings. The van der Waals surface area contributed by atoms with Crippen LogP contribution >= 0.6 is 0 Å². The number of nitrogens with one attached hydrogen (secondary N) is 2. The molecular formula is C37H36N4O6. The van der Waals surface area contributed by atoms with Crippen molar-refractivity contribution in [2.45, 2.75) is 31.7 Å². The Bertz CT molecular complexity index is 1950. The molecule has 3 aliphatic rings. The summed E-state index contributed by atoms with van der Waals surface area (Å²) in [5.41, 5.74) is 6.03. The SMILES string of the molecule is COc1ccc2cc1OCCCNC(=O)CCc1cccc(c1)Oc1cc3c(cc1OC)C2N(C(=O)c1ccc2nc[nH]c2c1)CC3. The number of fused-ring (bicyclic) bond motifs is 9. The maximum Gasteiger partial charge on any atom is 0.254 e. The summed E-state index contributed by atoms with van der Waals surface area (Å²) in [6.45, 7) is 1.36. The number of hydrogen-bond donors (Lipinski definition) is 2. The van der Waals surface area contributed by atoms with E-state index in [0.29, 0.717) is 79.7 Å². The molecule has 3 aliphatic heterocycles. The first kappa shape index (κ1) is 30.2. The van der Waals surface area contributed by atoms with Gasteiger partial charge in [0.2, 0.25) is 5.91 Å². The summed E-state index contributed by atoms with van der Waals surface area (Å²) in [6, 6.07) is 22.6. The van der Waals surface area contributed by atoms with Crippen LogP contribution in [0.5, 0.6) is 28.7 Å². The van der Waals surface area contributed by atoms with Crippen LogP contribution in [0.15, 0.2) is 79.1 Å². The van der Waals surface area contributed by atoms with Crippen molar-refractivity contribution in [1.82, 2.24) is 20.2 Å². The average molecular weight is 633 g/mol. The van der Waals surface area contributed by atoms with E-state index in [-0.39, 0.29) is 11.8 Å². The standard InChI is InChI=1S/C37H36N4O6/c1-44-31-11-9-25-20-33(31)46-16-4-14-38-35(42)12-7-23-5-3-6-27(17-23)47-34-19-24-13-15-41(36(25)28(24)21-32(34)45-2)37(43)26-8-10-29-30(18-26)40-22-39-29/h3,5-6,8-11,17-22,36H,4,7,12-16H2,1-2H3,(H,38,42)(H,39,40). The van der Waals surface area contributed by atoms with Crippen LogP contribution in [-0.4, -0.2) is 60.6 Å². The Balaban J connectivity index is 1.34. The topological polar surface area (TPSA) is 115 Å². The lowest BCUT2D eigenvalue weighted by molar-refractivity contribution is -0.121. The maximum atomic E-state index is 14.3. The van der Waals surface area contributed by atoms with E-state index < -0.39 is 6.04 Å². The third-order valence-electron chi connectivity index (χ3n) is 8.75. The smallest absolute Gasteiger partial charge is 0.254 e. The number of nitrogens with zero attached hydrogens (tertiary/aromatic N) is 2. The number of carbonyl (C=O) groups excluding carboxylic acids is 2. The Morgan fingerprint density at radius 1 is 0.936 bits per heavy atom. The number of hydrogen-bond acceptors (Lipinski definition) is 7. The van der Waals surface area contributed by atoms with Gasteiger partial charge in [-0.15, -0.1) is 0 Å². The van der Waals surface area contributed by atoms with E-state index in [1.165, 1.54) is 0 Å². The Morgan fingerprint density at radius 2 is 1.83 bits per heavy atom. The van der Waals surface area contributed by atoms with Gasteiger partial charge in [-0.1, -0.05) is 18.2 Å². The molecule has 0 fully saturated rings. The number of rotatable bonds is 3. The van der Waals surface area contributed by atoms with Crippen LogP contribution in [-0.2, 0) is 17.6 Å². The summed E-state index contributed by atoms with van der Waals surface area (Å²) in [5, 5.41) is 2.98. The third-order valence-corrected chi connectivity index (χ3v) is 8.75. The molecule has 4 aromatic carbocycles. The molecule has 1 unspecified atom stereocenters. The molecule has 47 heavy (non-hydrogen) atoms. The van der Waals surface area contributed by atoms with Crippen LogP contribution in [0.2, 0.25) is 0 Å². The van der Waals surface area contributed by atoms with Crippen LogP contribution in [0.1, 0.15) is 51.5 Å². The van der Waals surface area contributed by atoms with Crippen LogP contribution in [0, 0.1) is 0 Å². The Labute approximate surface area is 272 Å². The number of methoxy groups -OCH3 is 2. The number of amides is 2. The van der Waals surface area contributed by atoms with E-state index in [0.717, 1.165) is 33.3 Å². The zero-order valence-corrected chi connectivity index (χ0v) is 26.4. The molecule has 1 atom stereocenters. The molecule has 2 amide bonds. The molecule has 1 aromatic heterocycles. The minimum absolute atomic E-state index is 0.0198. The van der Waals surface area contributed by atoms with Crippen molar-refractivity contribution in [1.29, 1.82) is 0 Å². The molecule has 240 valence electrons. The highest BCUT2D eigenvalue weighted by molar-refractivity contribution is 5.98. The van der Waals surface area contributed by atoms with Crippen molar-refractivity contribution in [3.8, 4) is 28.7 Å². The predicted octanol–water partition coefficient (Wildman–Crippen LogP) is 5.99. The van der Waals surface area contributed by atoms with E-state index in [2.05, 4.69) is 15.3 Å². The van der Waals surface area contributed by atoms with Crippen molar-refractivity contribution in [3.63, 3.8) is 0 Å². The van der Waals surface area contributed by atoms with Crippen molar-refractivity contribution in [2.75, 3.05) is 33.9 Å². The van der Waals surface area contributed by atoms with Gasteiger partial charge in [0.25, 0.3) is 5.91 Å². The van der Waals surface area contributed by atoms with Gasteiger partial charge in [0.1, 0.15) is 5.75 Å². The van der Waals surface area contributed by atoms with Crippen molar-refractivity contribution >= 4 is 22.8 Å². The van der Waals surface area contributed by atoms with Crippen LogP contribution in [0.3, 0.4) is 0 Å². The van der Waals surface area contributed by atoms with E-state index in [1.807, 2.05) is 77.7 Å². The first-order chi connectivity index (χ1) is 23.0. The van der Waals surface area contributed by atoms with Gasteiger partial charge in [-0.25, -0.2) is 4.98 Å². The van der Waals surface area contributed by atoms with Crippen molar-refractivity contribution in [2.24, 2.45) is 0 Å². The first-order valence-corrected chi connectivity index (χ1v) is 15.8. The summed E-state index contributed by atoms with van der Waals surface area (Å²) >= 11 is 0. The quantitative estimate of drug-likeness (QED) is 0.251. The van der Waals surface area contributed by atoms with Gasteiger partial charge in [0.05, 0.1) is 44.2 Å². The van der Waals surface area contributed by atoms with Crippen molar-refractivity contribution in [3.05, 3.63) is 107 Å². The van der Waals surface area contributed by atoms with Gasteiger partial charge in [-0.3, -0.25) is 9.59 Å². The second-order valence-corrected chi connectivity index (χ2v) is 11.7. The van der Waals surface area contributed by atoms with Gasteiger partial charge in [-0.2, -0.15) is 0 Å². The Kier molecular flexibility index (Phi) is 8.39. The lowest BCUT2D eigenvalue weighted by Crippen LogP contribution is -2.40. The molecule has 0 spiro atoms. The summed E-state index contributed by atoms with van der Waals surface area (Å²) < 4.78 is 24.1. The molecule has 4 heterocycles. The molecular weight excluding hydrogens is 596 g/mol. The Hall–Kier alpha value is -5.51. The number of benzene rings is 4. The molecule has 8 bridgehead atoms. The van der Waals surface area contributed by atoms with Gasteiger partial charge in [0, 0.05) is 25.1 Å². The lowest BCUT2D eigenvalue weighted by Gasteiger charge is -2.38. The van der Waals surface area contributed by atoms with Gasteiger partial charge >= 0.3 is 0 Å². The largest absolute Gasteiger partial charge is 0.493 e. The Morgan fingerprint density at radius 3 is 2.70 bits per heavy atom. The monoisotopic (exact) mass is 632 g/mol. The number of aromatic nitrogens is 2. The normalized spacial score (nSPS) is 16.5. The number of ether oxygens (including phenoxy) is 4. The van der Waals surface area contributed by atoms with E-state index in [1.54, 1.807) is 20.5 Å². The highest BCUT2D eigenvalue weighted by atomic mass is 16.5. The van der Waals surface area contributed by atoms with E-state index >= 15 is 0 Å². The zero-order chi connectivity index (χ0) is 32.3. The second-order valence-electron chi connectivity index (χ2n) is 11.7. The average Bonchev–Trinajstić information content (AvgIpc) is 3.57. The van der Waals surface area contributed by atoms with Gasteiger partial charge < -0.3 is 34.1 Å². The fraction of sp³-hybridized carbons (Fsp3) is 0.270. The summed E-state index contributed by atoms with van der Waals surface area (Å²) in [7, 11) is 3.22. The van der Waals surface area contributed by atoms with Crippen LogP contribution < -0.4 is 24.3 Å². The molecule has 0 saturated carbocycles. The number of carbonyl (C=O) groups is 2. The number of H-pyrrole nitrogens is 1. The summed E-state index contributed by atoms with van der Waals surface area (Å²) in [4.78, 5) is 36.2. The van der Waals surface area contributed by atoms with E-state index in [9.17, 15) is 9.59 Å². The van der Waals surface area contributed by atoms with Gasteiger partial charge in [0.15, 0.2) is 23.0 Å². The molecule has 0 radical (unpaired) electrons. The fourth-order valence-electron chi connectivity index (χ4n) is 6.37. The molecule has 0 saturated heterocycles. The van der Waals surface area contributed by atoms with E-state index in [4.69, 9.17) is 18.9 Å². The molecule has 8 rings (SSSR count). The first-order valence-electron chi connectivity index (χ1n) is 15.8. The predicted molar refractivity (Wildman–Crippen MR) is 177 cm³/mol. The fourth-order valence-corrected chi connectivity index (χ4v) is 6.37. The highest BCUT2D eigenvalue weighted by Gasteiger charge is 2.35. The lowest BCUT2D eigenvalue weighted by atomic mass is 9.87. The summed E-state index contributed by atoms with van der Waals surface area (Å²) in [5.74, 6) is 2.82. The number of aryl methyl sites for hydroxylation is 1. The van der Waals surface area contributed by atoms with Crippen LogP contribution in [0.25, 0.3) is 11.0 Å². The maximum absolute atomic E-state index is 14.3. The molecule has 10 heteroatoms. The van der Waals surface area contributed by atoms with Crippen molar-refractivity contribution < 1.29 is 28.5 Å². The highest BCUT2D eigenvalue weighted by Crippen LogP contribution is 2.44. The number of aromatic amines is 1. The summed E-state index contributed by atoms with van der Waals surface area (Å²) in [6.07, 6.45) is 3.83. The van der Waals surface area contributed by atoms with Gasteiger partial charge in [-0.05, 0) is 96.1 Å². The molecule has 2 N–H and O–H groups in total. The third kappa shape index (κ3) is 6.18. The molecule has 10 nitrogen and oxygen atoms in total. The minimum Gasteiger partial charge on any atom is -0.493 e. The molecule has 0 aliphatic carbocycles. The second kappa shape index (κ2) is 13.1.